The van der Waals surface area contributed by atoms with Crippen molar-refractivity contribution in [2.45, 2.75) is 31.7 Å². The Morgan fingerprint density at radius 1 is 1.29 bits per heavy atom. The lowest BCUT2D eigenvalue weighted by Gasteiger charge is -2.31. The number of halogens is 1. The van der Waals surface area contributed by atoms with Gasteiger partial charge in [0.1, 0.15) is 0 Å². The molecule has 0 heterocycles. The molecule has 0 aromatic heterocycles. The molecule has 2 aliphatic rings. The zero-order valence-electron chi connectivity index (χ0n) is 8.09. The van der Waals surface area contributed by atoms with E-state index in [1.807, 2.05) is 0 Å². The van der Waals surface area contributed by atoms with E-state index in [0.29, 0.717) is 5.41 Å². The van der Waals surface area contributed by atoms with Crippen molar-refractivity contribution in [3.05, 3.63) is 33.8 Å². The number of benzene rings is 1. The molecule has 0 amide bonds. The number of rotatable bonds is 0. The molecule has 1 saturated carbocycles. The van der Waals surface area contributed by atoms with Crippen LogP contribution in [0.1, 0.15) is 36.4 Å². The van der Waals surface area contributed by atoms with Crippen molar-refractivity contribution in [2.24, 2.45) is 11.1 Å². The second-order valence-electron chi connectivity index (χ2n) is 4.65. The highest BCUT2D eigenvalue weighted by molar-refractivity contribution is 9.10. The molecular weight excluding hydrogens is 238 g/mol. The van der Waals surface area contributed by atoms with Gasteiger partial charge in [0.25, 0.3) is 0 Å². The summed E-state index contributed by atoms with van der Waals surface area (Å²) in [5.41, 5.74) is 9.63. The molecule has 1 atom stereocenters. The van der Waals surface area contributed by atoms with Gasteiger partial charge in [-0.15, -0.1) is 0 Å². The lowest BCUT2D eigenvalue weighted by atomic mass is 9.78. The van der Waals surface area contributed by atoms with E-state index in [4.69, 9.17) is 5.73 Å². The molecular formula is C12H14BrN. The van der Waals surface area contributed by atoms with Crippen molar-refractivity contribution in [2.75, 3.05) is 0 Å². The molecule has 2 N–H and O–H groups in total. The fourth-order valence-corrected chi connectivity index (χ4v) is 3.29. The second-order valence-corrected chi connectivity index (χ2v) is 5.50. The lowest BCUT2D eigenvalue weighted by molar-refractivity contribution is 0.353. The minimum Gasteiger partial charge on any atom is -0.323 e. The molecule has 2 heteroatoms. The number of fused-ring (bicyclic) bond motifs is 1. The summed E-state index contributed by atoms with van der Waals surface area (Å²) in [4.78, 5) is 0. The highest BCUT2D eigenvalue weighted by atomic mass is 79.9. The maximum absolute atomic E-state index is 6.33. The Balaban J connectivity index is 2.11. The summed E-state index contributed by atoms with van der Waals surface area (Å²) in [6, 6.07) is 6.70. The van der Waals surface area contributed by atoms with Gasteiger partial charge in [-0.25, -0.2) is 0 Å². The number of nitrogens with two attached hydrogens (primary N) is 1. The van der Waals surface area contributed by atoms with Crippen LogP contribution >= 0.6 is 15.9 Å². The highest BCUT2D eigenvalue weighted by Crippen LogP contribution is 2.60. The van der Waals surface area contributed by atoms with Gasteiger partial charge in [-0.3, -0.25) is 0 Å². The van der Waals surface area contributed by atoms with E-state index >= 15 is 0 Å². The van der Waals surface area contributed by atoms with Crippen molar-refractivity contribution >= 4 is 15.9 Å². The van der Waals surface area contributed by atoms with Gasteiger partial charge in [-0.2, -0.15) is 0 Å². The minimum atomic E-state index is 0.281. The summed E-state index contributed by atoms with van der Waals surface area (Å²) in [7, 11) is 0. The summed E-state index contributed by atoms with van der Waals surface area (Å²) in [5.74, 6) is 0. The number of hydrogen-bond donors (Lipinski definition) is 1. The average molecular weight is 252 g/mol. The van der Waals surface area contributed by atoms with Crippen molar-refractivity contribution < 1.29 is 0 Å². The Morgan fingerprint density at radius 3 is 2.79 bits per heavy atom. The predicted molar refractivity (Wildman–Crippen MR) is 61.1 cm³/mol. The molecule has 3 rings (SSSR count). The monoisotopic (exact) mass is 251 g/mol. The summed E-state index contributed by atoms with van der Waals surface area (Å²) in [5, 5.41) is 0. The SMILES string of the molecule is NC1c2cccc(Br)c2CCC12CC2. The van der Waals surface area contributed by atoms with Crippen molar-refractivity contribution in [1.82, 2.24) is 0 Å². The minimum absolute atomic E-state index is 0.281. The van der Waals surface area contributed by atoms with Crippen molar-refractivity contribution in [3.8, 4) is 0 Å². The molecule has 2 aliphatic carbocycles. The van der Waals surface area contributed by atoms with Gasteiger partial charge >= 0.3 is 0 Å². The van der Waals surface area contributed by atoms with E-state index in [2.05, 4.69) is 34.1 Å². The topological polar surface area (TPSA) is 26.0 Å². The standard InChI is InChI=1S/C12H14BrN/c13-10-3-1-2-9-8(10)4-5-12(6-7-12)11(9)14/h1-3,11H,4-7,14H2. The van der Waals surface area contributed by atoms with Gasteiger partial charge in [0.15, 0.2) is 0 Å². The van der Waals surface area contributed by atoms with Gasteiger partial charge in [0.2, 0.25) is 0 Å². The van der Waals surface area contributed by atoms with Crippen LogP contribution in [-0.4, -0.2) is 0 Å². The van der Waals surface area contributed by atoms with Gasteiger partial charge in [-0.05, 0) is 48.3 Å². The smallest absolute Gasteiger partial charge is 0.0355 e. The normalized spacial score (nSPS) is 27.4. The Morgan fingerprint density at radius 2 is 2.07 bits per heavy atom. The van der Waals surface area contributed by atoms with E-state index in [-0.39, 0.29) is 6.04 Å². The second kappa shape index (κ2) is 2.83. The van der Waals surface area contributed by atoms with E-state index < -0.39 is 0 Å². The maximum Gasteiger partial charge on any atom is 0.0355 e. The first kappa shape index (κ1) is 8.93. The van der Waals surface area contributed by atoms with Crippen LogP contribution in [0.25, 0.3) is 0 Å². The fourth-order valence-electron chi connectivity index (χ4n) is 2.71. The first-order valence-electron chi connectivity index (χ1n) is 5.26. The van der Waals surface area contributed by atoms with Crippen molar-refractivity contribution in [1.29, 1.82) is 0 Å². The van der Waals surface area contributed by atoms with Crippen LogP contribution in [0.15, 0.2) is 22.7 Å². The molecule has 0 bridgehead atoms. The van der Waals surface area contributed by atoms with Crippen LogP contribution in [0.4, 0.5) is 0 Å². The van der Waals surface area contributed by atoms with Gasteiger partial charge in [0.05, 0.1) is 0 Å². The van der Waals surface area contributed by atoms with Crippen LogP contribution in [0.5, 0.6) is 0 Å². The predicted octanol–water partition coefficient (Wildman–Crippen LogP) is 3.18. The van der Waals surface area contributed by atoms with Gasteiger partial charge in [0, 0.05) is 10.5 Å². The summed E-state index contributed by atoms with van der Waals surface area (Å²) in [6.07, 6.45) is 5.15. The first-order chi connectivity index (χ1) is 6.73. The fraction of sp³-hybridized carbons (Fsp3) is 0.500. The Kier molecular flexibility index (Phi) is 1.80. The molecule has 1 nitrogen and oxygen atoms in total. The zero-order chi connectivity index (χ0) is 9.76. The summed E-state index contributed by atoms with van der Waals surface area (Å²) >= 11 is 3.61. The maximum atomic E-state index is 6.33. The molecule has 1 unspecified atom stereocenters. The Hall–Kier alpha value is -0.340. The largest absolute Gasteiger partial charge is 0.323 e. The third-order valence-corrected chi connectivity index (χ3v) is 4.66. The van der Waals surface area contributed by atoms with Crippen LogP contribution in [0, 0.1) is 5.41 Å². The van der Waals surface area contributed by atoms with Crippen LogP contribution in [-0.2, 0) is 6.42 Å². The van der Waals surface area contributed by atoms with E-state index in [1.54, 1.807) is 0 Å². The van der Waals surface area contributed by atoms with Gasteiger partial charge in [-0.1, -0.05) is 28.1 Å². The van der Waals surface area contributed by atoms with Crippen LogP contribution in [0.2, 0.25) is 0 Å². The van der Waals surface area contributed by atoms with E-state index in [0.717, 1.165) is 0 Å². The third-order valence-electron chi connectivity index (χ3n) is 3.92. The van der Waals surface area contributed by atoms with Crippen molar-refractivity contribution in [3.63, 3.8) is 0 Å². The van der Waals surface area contributed by atoms with E-state index in [9.17, 15) is 0 Å². The highest BCUT2D eigenvalue weighted by Gasteiger charge is 2.50. The molecule has 0 radical (unpaired) electrons. The van der Waals surface area contributed by atoms with E-state index in [1.165, 1.54) is 41.3 Å². The average Bonchev–Trinajstić information content (AvgIpc) is 2.94. The lowest BCUT2D eigenvalue weighted by Crippen LogP contribution is -2.28. The Bertz CT molecular complexity index is 382. The molecule has 74 valence electrons. The summed E-state index contributed by atoms with van der Waals surface area (Å²) < 4.78 is 1.24. The van der Waals surface area contributed by atoms with Crippen LogP contribution < -0.4 is 5.73 Å². The quantitative estimate of drug-likeness (QED) is 0.754. The van der Waals surface area contributed by atoms with Crippen LogP contribution in [0.3, 0.4) is 0 Å². The Labute approximate surface area is 92.8 Å². The van der Waals surface area contributed by atoms with Gasteiger partial charge < -0.3 is 5.73 Å². The molecule has 14 heavy (non-hydrogen) atoms. The zero-order valence-corrected chi connectivity index (χ0v) is 9.68. The molecule has 1 aromatic carbocycles. The number of hydrogen-bond acceptors (Lipinski definition) is 1. The first-order valence-corrected chi connectivity index (χ1v) is 6.05. The third kappa shape index (κ3) is 1.10. The molecule has 1 fully saturated rings. The molecule has 1 spiro atoms. The molecule has 0 saturated heterocycles. The molecule has 0 aliphatic heterocycles. The summed E-state index contributed by atoms with van der Waals surface area (Å²) in [6.45, 7) is 0. The molecule has 1 aromatic rings.